The summed E-state index contributed by atoms with van der Waals surface area (Å²) in [6.07, 6.45) is 3.88. The molecule has 13 heteroatoms. The van der Waals surface area contributed by atoms with Gasteiger partial charge in [0, 0.05) is 44.4 Å². The quantitative estimate of drug-likeness (QED) is 0.561. The first kappa shape index (κ1) is 24.1. The molecule has 0 bridgehead atoms. The van der Waals surface area contributed by atoms with Gasteiger partial charge in [0.2, 0.25) is 0 Å². The van der Waals surface area contributed by atoms with E-state index in [9.17, 15) is 22.4 Å². The molecule has 1 unspecified atom stereocenters. The van der Waals surface area contributed by atoms with Crippen LogP contribution in [0.25, 0.3) is 5.82 Å². The third-order valence-electron chi connectivity index (χ3n) is 5.90. The Morgan fingerprint density at radius 3 is 2.54 bits per heavy atom. The van der Waals surface area contributed by atoms with E-state index in [1.165, 1.54) is 12.4 Å². The van der Waals surface area contributed by atoms with Crippen LogP contribution in [-0.2, 0) is 10.3 Å². The Hall–Kier alpha value is -4.03. The zero-order chi connectivity index (χ0) is 25.2. The zero-order valence-electron chi connectivity index (χ0n) is 18.2. The summed E-state index contributed by atoms with van der Waals surface area (Å²) in [5.74, 6) is -2.12. The summed E-state index contributed by atoms with van der Waals surface area (Å²) in [5.41, 5.74) is 1.74. The number of nitrogens with zero attached hydrogens (tertiary/aromatic N) is 6. The van der Waals surface area contributed by atoms with Crippen LogP contribution in [0, 0.1) is 0 Å². The average Bonchev–Trinajstić information content (AvgIpc) is 3.51. The molecule has 35 heavy (non-hydrogen) atoms. The Balaban J connectivity index is 0.000000364. The van der Waals surface area contributed by atoms with Gasteiger partial charge in [-0.15, -0.1) is 0 Å². The van der Waals surface area contributed by atoms with E-state index < -0.39 is 24.4 Å². The second kappa shape index (κ2) is 9.31. The van der Waals surface area contributed by atoms with Crippen molar-refractivity contribution in [3.05, 3.63) is 66.6 Å². The molecule has 0 saturated carbocycles. The smallest absolute Gasteiger partial charge is 0.475 e. The number of carbonyl (C=O) groups is 2. The molecule has 1 N–H and O–H groups in total. The Kier molecular flexibility index (Phi) is 6.41. The molecule has 1 spiro atoms. The highest BCUT2D eigenvalue weighted by atomic mass is 19.4. The van der Waals surface area contributed by atoms with Crippen LogP contribution in [0.4, 0.5) is 23.2 Å². The van der Waals surface area contributed by atoms with E-state index in [1.54, 1.807) is 17.3 Å². The molecule has 3 aromatic heterocycles. The molecule has 2 aliphatic rings. The third-order valence-corrected chi connectivity index (χ3v) is 5.90. The molecule has 9 nitrogen and oxygen atoms in total. The fourth-order valence-corrected chi connectivity index (χ4v) is 4.49. The number of pyridine rings is 1. The van der Waals surface area contributed by atoms with E-state index in [0.29, 0.717) is 25.2 Å². The molecule has 3 aromatic rings. The highest BCUT2D eigenvalue weighted by molar-refractivity contribution is 5.92. The van der Waals surface area contributed by atoms with Crippen molar-refractivity contribution in [2.24, 2.45) is 0 Å². The van der Waals surface area contributed by atoms with Gasteiger partial charge in [-0.1, -0.05) is 0 Å². The summed E-state index contributed by atoms with van der Waals surface area (Å²) in [4.78, 5) is 38.4. The van der Waals surface area contributed by atoms with Crippen molar-refractivity contribution in [2.75, 3.05) is 31.2 Å². The first-order valence-corrected chi connectivity index (χ1v) is 10.5. The Morgan fingerprint density at radius 2 is 1.89 bits per heavy atom. The van der Waals surface area contributed by atoms with E-state index in [-0.39, 0.29) is 12.5 Å². The molecular formula is C22H20F4N6O3. The van der Waals surface area contributed by atoms with Crippen molar-refractivity contribution < 1.29 is 32.3 Å². The highest BCUT2D eigenvalue weighted by Crippen LogP contribution is 2.46. The lowest BCUT2D eigenvalue weighted by Crippen LogP contribution is -2.53. The van der Waals surface area contributed by atoms with Crippen LogP contribution in [0.5, 0.6) is 0 Å². The van der Waals surface area contributed by atoms with E-state index in [0.717, 1.165) is 17.2 Å². The van der Waals surface area contributed by atoms with Gasteiger partial charge < -0.3 is 19.5 Å². The zero-order valence-corrected chi connectivity index (χ0v) is 18.2. The predicted molar refractivity (Wildman–Crippen MR) is 115 cm³/mol. The van der Waals surface area contributed by atoms with Crippen LogP contribution < -0.4 is 4.90 Å². The van der Waals surface area contributed by atoms with Gasteiger partial charge in [0.1, 0.15) is 17.9 Å². The van der Waals surface area contributed by atoms with Crippen molar-refractivity contribution in [1.82, 2.24) is 24.4 Å². The standard InChI is InChI=1S/C20H19FN6O.C2HF3O2/c21-6-12-27-16-3-1-7-24-18(16)26-10-2-4-17(26)20(27)5-11-25(14-20)19(28)15-13-22-8-9-23-15;3-2(4,5)1(6)7/h1-4,7-10,13H,5-6,11-12,14H2;(H,6,7). The number of anilines is 1. The molecule has 0 aromatic carbocycles. The fourth-order valence-electron chi connectivity index (χ4n) is 4.49. The monoisotopic (exact) mass is 492 g/mol. The van der Waals surface area contributed by atoms with E-state index in [1.807, 2.05) is 30.5 Å². The number of amides is 1. The van der Waals surface area contributed by atoms with Crippen LogP contribution in [0.3, 0.4) is 0 Å². The van der Waals surface area contributed by atoms with E-state index in [2.05, 4.69) is 24.4 Å². The molecule has 1 saturated heterocycles. The van der Waals surface area contributed by atoms with Gasteiger partial charge in [-0.2, -0.15) is 13.2 Å². The molecule has 5 rings (SSSR count). The molecule has 0 radical (unpaired) electrons. The van der Waals surface area contributed by atoms with Crippen molar-refractivity contribution in [1.29, 1.82) is 0 Å². The molecule has 1 amide bonds. The lowest BCUT2D eigenvalue weighted by molar-refractivity contribution is -0.192. The van der Waals surface area contributed by atoms with Crippen molar-refractivity contribution >= 4 is 17.6 Å². The summed E-state index contributed by atoms with van der Waals surface area (Å²) in [6.45, 7) is 0.797. The minimum Gasteiger partial charge on any atom is -0.475 e. The number of halogens is 4. The number of carboxylic acid groups (broad SMARTS) is 1. The lowest BCUT2D eigenvalue weighted by atomic mass is 9.89. The fraction of sp³-hybridized carbons (Fsp3) is 0.318. The minimum atomic E-state index is -5.08. The SMILES string of the molecule is O=C(O)C(F)(F)F.O=C(c1cnccn1)N1CCC2(C1)c1cccn1-c1ncccc1N2CCF. The molecule has 1 atom stereocenters. The van der Waals surface area contributed by atoms with Gasteiger partial charge in [0.15, 0.2) is 5.82 Å². The maximum absolute atomic E-state index is 13.6. The summed E-state index contributed by atoms with van der Waals surface area (Å²) in [6, 6.07) is 7.85. The summed E-state index contributed by atoms with van der Waals surface area (Å²) >= 11 is 0. The minimum absolute atomic E-state index is 0.153. The number of aromatic nitrogens is 4. The second-order valence-corrected chi connectivity index (χ2v) is 7.85. The van der Waals surface area contributed by atoms with Crippen LogP contribution in [0.2, 0.25) is 0 Å². The normalized spacial score (nSPS) is 18.5. The summed E-state index contributed by atoms with van der Waals surface area (Å²) in [7, 11) is 0. The first-order chi connectivity index (χ1) is 16.7. The van der Waals surface area contributed by atoms with E-state index in [4.69, 9.17) is 9.90 Å². The number of rotatable bonds is 3. The summed E-state index contributed by atoms with van der Waals surface area (Å²) in [5, 5.41) is 7.12. The topological polar surface area (TPSA) is 104 Å². The molecule has 2 aliphatic heterocycles. The number of fused-ring (bicyclic) bond motifs is 4. The van der Waals surface area contributed by atoms with Crippen LogP contribution in [-0.4, -0.2) is 73.9 Å². The predicted octanol–water partition coefficient (Wildman–Crippen LogP) is 2.83. The number of carboxylic acids is 1. The average molecular weight is 492 g/mol. The van der Waals surface area contributed by atoms with Crippen LogP contribution in [0.15, 0.2) is 55.2 Å². The number of alkyl halides is 4. The first-order valence-electron chi connectivity index (χ1n) is 10.5. The Morgan fingerprint density at radius 1 is 1.11 bits per heavy atom. The highest BCUT2D eigenvalue weighted by Gasteiger charge is 2.50. The van der Waals surface area contributed by atoms with Crippen LogP contribution >= 0.6 is 0 Å². The van der Waals surface area contributed by atoms with E-state index >= 15 is 0 Å². The molecular weight excluding hydrogens is 472 g/mol. The van der Waals surface area contributed by atoms with Crippen molar-refractivity contribution in [3.63, 3.8) is 0 Å². The van der Waals surface area contributed by atoms with Gasteiger partial charge in [0.25, 0.3) is 5.91 Å². The van der Waals surface area contributed by atoms with Crippen molar-refractivity contribution in [2.45, 2.75) is 18.1 Å². The van der Waals surface area contributed by atoms with Gasteiger partial charge in [0.05, 0.1) is 17.6 Å². The number of hydrogen-bond donors (Lipinski definition) is 1. The Bertz CT molecular complexity index is 1220. The lowest BCUT2D eigenvalue weighted by Gasteiger charge is -2.46. The number of likely N-dealkylation sites (tertiary alicyclic amines) is 1. The molecule has 0 aliphatic carbocycles. The molecule has 1 fully saturated rings. The third kappa shape index (κ3) is 4.40. The Labute approximate surface area is 196 Å². The number of carbonyl (C=O) groups excluding carboxylic acids is 1. The number of hydrogen-bond acceptors (Lipinski definition) is 6. The maximum Gasteiger partial charge on any atom is 0.490 e. The van der Waals surface area contributed by atoms with Crippen LogP contribution in [0.1, 0.15) is 22.6 Å². The van der Waals surface area contributed by atoms with Gasteiger partial charge >= 0.3 is 12.1 Å². The maximum atomic E-state index is 13.6. The van der Waals surface area contributed by atoms with Crippen molar-refractivity contribution in [3.8, 4) is 5.82 Å². The largest absolute Gasteiger partial charge is 0.490 e. The van der Waals surface area contributed by atoms with Gasteiger partial charge in [-0.3, -0.25) is 9.78 Å². The molecule has 184 valence electrons. The second-order valence-electron chi connectivity index (χ2n) is 7.85. The summed E-state index contributed by atoms with van der Waals surface area (Å²) < 4.78 is 47.4. The van der Waals surface area contributed by atoms with Gasteiger partial charge in [-0.25, -0.2) is 19.2 Å². The molecule has 5 heterocycles. The van der Waals surface area contributed by atoms with Gasteiger partial charge in [-0.05, 0) is 30.7 Å². The number of aliphatic carboxylic acids is 1.